The van der Waals surface area contributed by atoms with Crippen molar-refractivity contribution in [2.45, 2.75) is 133 Å². The number of carbonyl (C=O) groups excluding carboxylic acids is 4. The van der Waals surface area contributed by atoms with E-state index in [9.17, 15) is 29.4 Å². The zero-order valence-electron chi connectivity index (χ0n) is 25.1. The Balaban J connectivity index is 1.97. The second kappa shape index (κ2) is 11.7. The van der Waals surface area contributed by atoms with Gasteiger partial charge in [-0.3, -0.25) is 19.2 Å². The number of rotatable bonds is 7. The molecule has 11 nitrogen and oxygen atoms in total. The lowest BCUT2D eigenvalue weighted by Gasteiger charge is -2.57. The molecule has 4 fully saturated rings. The van der Waals surface area contributed by atoms with Crippen molar-refractivity contribution in [2.75, 3.05) is 0 Å². The topological polar surface area (TPSA) is 158 Å². The number of halogens is 1. The van der Waals surface area contributed by atoms with Crippen molar-refractivity contribution < 1.29 is 53.1 Å². The maximum atomic E-state index is 13.0. The van der Waals surface area contributed by atoms with Gasteiger partial charge in [0.25, 0.3) is 0 Å². The summed E-state index contributed by atoms with van der Waals surface area (Å²) in [6.45, 7) is 13.5. The molecule has 0 aromatic rings. The summed E-state index contributed by atoms with van der Waals surface area (Å²) < 4.78 is 29.5. The van der Waals surface area contributed by atoms with E-state index in [1.807, 2.05) is 13.8 Å². The normalized spacial score (nSPS) is 44.5. The van der Waals surface area contributed by atoms with Crippen LogP contribution < -0.4 is 0 Å². The van der Waals surface area contributed by atoms with Crippen LogP contribution in [-0.4, -0.2) is 87.3 Å². The second-order valence-corrected chi connectivity index (χ2v) is 13.0. The summed E-state index contributed by atoms with van der Waals surface area (Å²) in [4.78, 5) is 51.4. The maximum Gasteiger partial charge on any atom is 0.312 e. The summed E-state index contributed by atoms with van der Waals surface area (Å²) in [7, 11) is 0. The molecule has 2 N–H and O–H groups in total. The molecule has 2 saturated carbocycles. The number of fused-ring (bicyclic) bond motifs is 4. The Morgan fingerprint density at radius 2 is 1.62 bits per heavy atom. The molecular weight excluding hydrogens is 572 g/mol. The molecule has 2 aliphatic heterocycles. The highest BCUT2D eigenvalue weighted by molar-refractivity contribution is 6.23. The van der Waals surface area contributed by atoms with Crippen molar-refractivity contribution in [2.24, 2.45) is 17.3 Å². The fourth-order valence-corrected chi connectivity index (χ4v) is 7.79. The van der Waals surface area contributed by atoms with Crippen LogP contribution in [0.2, 0.25) is 0 Å². The Labute approximate surface area is 251 Å². The van der Waals surface area contributed by atoms with Crippen molar-refractivity contribution in [1.29, 1.82) is 0 Å². The molecule has 0 aromatic carbocycles. The lowest BCUT2D eigenvalue weighted by Crippen LogP contribution is -2.73. The SMILES string of the molecule is C=C1CC[C@H](OC(=O)CCC)[C@@]2(C)[C@H]3O[C@H]3[C@@H](OC(=O)CCC)[C@@](C)(O)[C@@H]2C(OC(C)=O)[C@]2(O)[C@@H](C)C(=O)O[C@H]2[C@H]1Cl. The van der Waals surface area contributed by atoms with Gasteiger partial charge in [0.15, 0.2) is 17.8 Å². The summed E-state index contributed by atoms with van der Waals surface area (Å²) in [6, 6.07) is 0. The van der Waals surface area contributed by atoms with Crippen LogP contribution in [-0.2, 0) is 42.9 Å². The molecule has 2 heterocycles. The van der Waals surface area contributed by atoms with E-state index in [0.717, 1.165) is 6.92 Å². The predicted octanol–water partition coefficient (Wildman–Crippen LogP) is 2.75. The van der Waals surface area contributed by atoms with Gasteiger partial charge in [-0.15, -0.1) is 11.6 Å². The third kappa shape index (κ3) is 5.24. The van der Waals surface area contributed by atoms with Crippen LogP contribution in [0.3, 0.4) is 0 Å². The summed E-state index contributed by atoms with van der Waals surface area (Å²) in [5.41, 5.74) is -5.17. The number of aliphatic hydroxyl groups is 2. The molecule has 12 heteroatoms. The number of esters is 4. The van der Waals surface area contributed by atoms with Gasteiger partial charge < -0.3 is 33.9 Å². The molecule has 236 valence electrons. The maximum absolute atomic E-state index is 13.0. The van der Waals surface area contributed by atoms with Crippen LogP contribution in [0.4, 0.5) is 0 Å². The molecule has 2 aliphatic carbocycles. The molecule has 0 bridgehead atoms. The van der Waals surface area contributed by atoms with Crippen LogP contribution in [0.25, 0.3) is 0 Å². The van der Waals surface area contributed by atoms with Crippen molar-refractivity contribution in [3.63, 3.8) is 0 Å². The molecule has 0 spiro atoms. The third-order valence-corrected chi connectivity index (χ3v) is 10.2. The highest BCUT2D eigenvalue weighted by atomic mass is 35.5. The largest absolute Gasteiger partial charge is 0.462 e. The average Bonchev–Trinajstić information content (AvgIpc) is 3.67. The number of ether oxygens (including phenoxy) is 5. The van der Waals surface area contributed by atoms with Crippen LogP contribution in [0.1, 0.15) is 80.1 Å². The van der Waals surface area contributed by atoms with Gasteiger partial charge in [0.2, 0.25) is 0 Å². The third-order valence-electron chi connectivity index (χ3n) is 9.63. The minimum atomic E-state index is -2.26. The van der Waals surface area contributed by atoms with Gasteiger partial charge in [-0.2, -0.15) is 0 Å². The first-order chi connectivity index (χ1) is 19.6. The van der Waals surface area contributed by atoms with E-state index in [0.29, 0.717) is 18.4 Å². The number of alkyl halides is 1. The molecule has 0 radical (unpaired) electrons. The Morgan fingerprint density at radius 1 is 1.02 bits per heavy atom. The molecule has 0 aromatic heterocycles. The molecule has 4 aliphatic rings. The molecular formula is C30H43ClO11. The van der Waals surface area contributed by atoms with E-state index in [4.69, 9.17) is 35.3 Å². The number of epoxide rings is 1. The minimum absolute atomic E-state index is 0.0952. The molecule has 1 unspecified atom stereocenters. The summed E-state index contributed by atoms with van der Waals surface area (Å²) >= 11 is 6.80. The first-order valence-electron chi connectivity index (χ1n) is 14.7. The highest BCUT2D eigenvalue weighted by Crippen LogP contribution is 2.63. The van der Waals surface area contributed by atoms with E-state index in [-0.39, 0.29) is 25.7 Å². The lowest BCUT2D eigenvalue weighted by molar-refractivity contribution is -0.262. The Morgan fingerprint density at radius 3 is 2.19 bits per heavy atom. The van der Waals surface area contributed by atoms with Crippen molar-refractivity contribution >= 4 is 35.5 Å². The van der Waals surface area contributed by atoms with Crippen molar-refractivity contribution in [1.82, 2.24) is 0 Å². The fourth-order valence-electron chi connectivity index (χ4n) is 7.43. The first kappa shape index (κ1) is 32.7. The monoisotopic (exact) mass is 614 g/mol. The molecule has 0 amide bonds. The fraction of sp³-hybridized carbons (Fsp3) is 0.800. The molecule has 4 rings (SSSR count). The summed E-state index contributed by atoms with van der Waals surface area (Å²) in [6.07, 6.45) is -4.96. The average molecular weight is 615 g/mol. The zero-order chi connectivity index (χ0) is 31.4. The predicted molar refractivity (Wildman–Crippen MR) is 148 cm³/mol. The van der Waals surface area contributed by atoms with Gasteiger partial charge >= 0.3 is 23.9 Å². The zero-order valence-corrected chi connectivity index (χ0v) is 25.8. The minimum Gasteiger partial charge on any atom is -0.462 e. The molecule has 2 saturated heterocycles. The summed E-state index contributed by atoms with van der Waals surface area (Å²) in [5, 5.41) is 23.9. The highest BCUT2D eigenvalue weighted by Gasteiger charge is 2.79. The standard InChI is InChI=1S/C30H43ClO11/c1-8-10-18(33)39-17-13-12-14(3)20(31)23-30(37,15(4)27(35)42-23)26(38-16(5)32)22-28(17,6)24-21(41-24)25(29(22,7)36)40-19(34)11-9-2/h15,17,20-26,36-37H,3,8-13H2,1-2,4-7H3/t15-,17-,20-,21+,22+,23-,24-,25+,26?,28+,29-,30-/m0/s1. The van der Waals surface area contributed by atoms with Gasteiger partial charge in [0.05, 0.1) is 17.4 Å². The Bertz CT molecular complexity index is 1120. The smallest absolute Gasteiger partial charge is 0.312 e. The number of hydrogen-bond donors (Lipinski definition) is 2. The van der Waals surface area contributed by atoms with E-state index in [1.54, 1.807) is 6.92 Å². The first-order valence-corrected chi connectivity index (χ1v) is 15.2. The van der Waals surface area contributed by atoms with Gasteiger partial charge in [-0.05, 0) is 39.5 Å². The molecule has 12 atom stereocenters. The van der Waals surface area contributed by atoms with Gasteiger partial charge in [0, 0.05) is 31.1 Å². The summed E-state index contributed by atoms with van der Waals surface area (Å²) in [5.74, 6) is -5.16. The number of carbonyl (C=O) groups is 4. The quantitative estimate of drug-likeness (QED) is 0.143. The van der Waals surface area contributed by atoms with E-state index >= 15 is 0 Å². The van der Waals surface area contributed by atoms with Gasteiger partial charge in [-0.1, -0.05) is 32.9 Å². The van der Waals surface area contributed by atoms with Gasteiger partial charge in [-0.25, -0.2) is 0 Å². The Kier molecular flexibility index (Phi) is 9.11. The lowest BCUT2D eigenvalue weighted by atomic mass is 9.52. The van der Waals surface area contributed by atoms with E-state index in [2.05, 4.69) is 6.58 Å². The second-order valence-electron chi connectivity index (χ2n) is 12.6. The van der Waals surface area contributed by atoms with Gasteiger partial charge in [0.1, 0.15) is 23.9 Å². The van der Waals surface area contributed by atoms with E-state index in [1.165, 1.54) is 13.8 Å². The van der Waals surface area contributed by atoms with Crippen LogP contribution in [0, 0.1) is 17.3 Å². The van der Waals surface area contributed by atoms with Crippen LogP contribution >= 0.6 is 11.6 Å². The van der Waals surface area contributed by atoms with Crippen LogP contribution in [0.15, 0.2) is 12.2 Å². The van der Waals surface area contributed by atoms with E-state index < -0.39 is 94.3 Å². The van der Waals surface area contributed by atoms with Crippen molar-refractivity contribution in [3.8, 4) is 0 Å². The van der Waals surface area contributed by atoms with Crippen molar-refractivity contribution in [3.05, 3.63) is 12.2 Å². The molecule has 42 heavy (non-hydrogen) atoms. The van der Waals surface area contributed by atoms with Crippen LogP contribution in [0.5, 0.6) is 0 Å². The Hall–Kier alpha value is -2.21. The number of hydrogen-bond acceptors (Lipinski definition) is 11.